The molecule has 1 fully saturated rings. The lowest BCUT2D eigenvalue weighted by Crippen LogP contribution is -2.34. The summed E-state index contributed by atoms with van der Waals surface area (Å²) in [6.45, 7) is 2.07. The minimum atomic E-state index is -0.225. The summed E-state index contributed by atoms with van der Waals surface area (Å²) >= 11 is 0. The average molecular weight is 324 g/mol. The molecule has 0 saturated carbocycles. The molecule has 3 rings (SSSR count). The van der Waals surface area contributed by atoms with Crippen LogP contribution in [0.2, 0.25) is 0 Å². The van der Waals surface area contributed by atoms with Crippen LogP contribution in [0.1, 0.15) is 18.4 Å². The topological polar surface area (TPSA) is 71.2 Å². The second-order valence-corrected chi connectivity index (χ2v) is 6.27. The van der Waals surface area contributed by atoms with E-state index >= 15 is 0 Å². The Kier molecular flexibility index (Phi) is 5.43. The van der Waals surface area contributed by atoms with Gasteiger partial charge in [-0.15, -0.1) is 0 Å². The van der Waals surface area contributed by atoms with Crippen LogP contribution in [0.15, 0.2) is 48.7 Å². The summed E-state index contributed by atoms with van der Waals surface area (Å²) in [6, 6.07) is 14.6. The summed E-state index contributed by atoms with van der Waals surface area (Å²) in [4.78, 5) is 17.9. The Balaban J connectivity index is 1.52. The van der Waals surface area contributed by atoms with Crippen LogP contribution in [0, 0.1) is 5.92 Å². The lowest BCUT2D eigenvalue weighted by molar-refractivity contribution is -0.114. The molecule has 1 aromatic heterocycles. The zero-order valence-corrected chi connectivity index (χ0v) is 13.8. The van der Waals surface area contributed by atoms with Gasteiger partial charge in [0, 0.05) is 13.1 Å². The van der Waals surface area contributed by atoms with Crippen molar-refractivity contribution in [2.24, 2.45) is 11.7 Å². The summed E-state index contributed by atoms with van der Waals surface area (Å²) < 4.78 is 0. The molecule has 0 bridgehead atoms. The predicted octanol–water partition coefficient (Wildman–Crippen LogP) is 2.44. The van der Waals surface area contributed by atoms with E-state index in [0.29, 0.717) is 5.82 Å². The first-order valence-corrected chi connectivity index (χ1v) is 8.49. The zero-order chi connectivity index (χ0) is 16.8. The van der Waals surface area contributed by atoms with Crippen molar-refractivity contribution in [3.63, 3.8) is 0 Å². The summed E-state index contributed by atoms with van der Waals surface area (Å²) in [7, 11) is 0. The largest absolute Gasteiger partial charge is 0.370 e. The Labute approximate surface area is 142 Å². The minimum absolute atomic E-state index is 0.0294. The van der Waals surface area contributed by atoms with Gasteiger partial charge in [0.25, 0.3) is 0 Å². The number of rotatable bonds is 5. The molecule has 3 N–H and O–H groups in total. The van der Waals surface area contributed by atoms with Gasteiger partial charge in [-0.05, 0) is 42.9 Å². The molecule has 5 nitrogen and oxygen atoms in total. The molecule has 1 aliphatic rings. The quantitative estimate of drug-likeness (QED) is 0.886. The van der Waals surface area contributed by atoms with Gasteiger partial charge in [0.05, 0.1) is 18.4 Å². The van der Waals surface area contributed by atoms with Crippen LogP contribution in [0.3, 0.4) is 0 Å². The molecule has 0 radical (unpaired) electrons. The van der Waals surface area contributed by atoms with E-state index in [0.717, 1.165) is 31.1 Å². The molecular weight excluding hydrogens is 300 g/mol. The van der Waals surface area contributed by atoms with Gasteiger partial charge in [0.15, 0.2) is 0 Å². The molecule has 0 aliphatic carbocycles. The molecule has 0 atom stereocenters. The molecule has 126 valence electrons. The van der Waals surface area contributed by atoms with E-state index in [9.17, 15) is 4.79 Å². The van der Waals surface area contributed by atoms with E-state index in [1.807, 2.05) is 18.3 Å². The number of aromatic nitrogens is 1. The maximum absolute atomic E-state index is 11.3. The van der Waals surface area contributed by atoms with Crippen molar-refractivity contribution >= 4 is 17.4 Å². The van der Waals surface area contributed by atoms with Crippen molar-refractivity contribution < 1.29 is 4.79 Å². The molecule has 1 aromatic carbocycles. The van der Waals surface area contributed by atoms with Gasteiger partial charge in [-0.25, -0.2) is 4.98 Å². The standard InChI is InChI=1S/C19H24N4O/c20-13-19(24)22-18-7-6-17(14-21-18)23-10-8-16(9-11-23)12-15-4-2-1-3-5-15/h1-7,14,16H,8-13,20H2,(H,21,22,24). The second kappa shape index (κ2) is 7.93. The average Bonchev–Trinajstić information content (AvgIpc) is 2.64. The Morgan fingerprint density at radius 3 is 2.54 bits per heavy atom. The number of benzene rings is 1. The van der Waals surface area contributed by atoms with Crippen LogP contribution in [-0.4, -0.2) is 30.5 Å². The van der Waals surface area contributed by atoms with Crippen molar-refractivity contribution in [2.45, 2.75) is 19.3 Å². The third-order valence-corrected chi connectivity index (χ3v) is 4.55. The van der Waals surface area contributed by atoms with Crippen molar-refractivity contribution in [3.05, 3.63) is 54.2 Å². The van der Waals surface area contributed by atoms with Gasteiger partial charge in [-0.3, -0.25) is 4.79 Å². The predicted molar refractivity (Wildman–Crippen MR) is 97.0 cm³/mol. The van der Waals surface area contributed by atoms with E-state index in [1.165, 1.54) is 18.4 Å². The third kappa shape index (κ3) is 4.32. The highest BCUT2D eigenvalue weighted by atomic mass is 16.1. The molecule has 0 spiro atoms. The van der Waals surface area contributed by atoms with Gasteiger partial charge in [-0.1, -0.05) is 30.3 Å². The van der Waals surface area contributed by atoms with E-state index in [4.69, 9.17) is 5.73 Å². The van der Waals surface area contributed by atoms with Crippen LogP contribution in [0.4, 0.5) is 11.5 Å². The SMILES string of the molecule is NCC(=O)Nc1ccc(N2CCC(Cc3ccccc3)CC2)cn1. The third-order valence-electron chi connectivity index (χ3n) is 4.55. The van der Waals surface area contributed by atoms with Gasteiger partial charge >= 0.3 is 0 Å². The summed E-state index contributed by atoms with van der Waals surface area (Å²) in [5.74, 6) is 1.07. The lowest BCUT2D eigenvalue weighted by atomic mass is 9.90. The number of hydrogen-bond donors (Lipinski definition) is 2. The Bertz CT molecular complexity index is 649. The fraction of sp³-hybridized carbons (Fsp3) is 0.368. The number of hydrogen-bond acceptors (Lipinski definition) is 4. The van der Waals surface area contributed by atoms with Crippen LogP contribution in [-0.2, 0) is 11.2 Å². The maximum Gasteiger partial charge on any atom is 0.239 e. The van der Waals surface area contributed by atoms with Gasteiger partial charge in [-0.2, -0.15) is 0 Å². The number of piperidine rings is 1. The fourth-order valence-corrected chi connectivity index (χ4v) is 3.18. The highest BCUT2D eigenvalue weighted by molar-refractivity contribution is 5.91. The van der Waals surface area contributed by atoms with Crippen molar-refractivity contribution in [3.8, 4) is 0 Å². The molecular formula is C19H24N4O. The summed E-state index contributed by atoms with van der Waals surface area (Å²) in [5.41, 5.74) is 7.83. The van der Waals surface area contributed by atoms with Gasteiger partial charge in [0.2, 0.25) is 5.91 Å². The zero-order valence-electron chi connectivity index (χ0n) is 13.8. The minimum Gasteiger partial charge on any atom is -0.370 e. The first-order chi connectivity index (χ1) is 11.7. The monoisotopic (exact) mass is 324 g/mol. The van der Waals surface area contributed by atoms with E-state index in [2.05, 4.69) is 45.5 Å². The van der Waals surface area contributed by atoms with E-state index in [1.54, 1.807) is 0 Å². The molecule has 5 heteroatoms. The molecule has 1 amide bonds. The first kappa shape index (κ1) is 16.5. The highest BCUT2D eigenvalue weighted by Crippen LogP contribution is 2.25. The maximum atomic E-state index is 11.3. The number of pyridine rings is 1. The van der Waals surface area contributed by atoms with Crippen molar-refractivity contribution in [2.75, 3.05) is 29.9 Å². The van der Waals surface area contributed by atoms with Crippen LogP contribution in [0.25, 0.3) is 0 Å². The molecule has 24 heavy (non-hydrogen) atoms. The van der Waals surface area contributed by atoms with Gasteiger partial charge < -0.3 is 16.0 Å². The molecule has 2 heterocycles. The smallest absolute Gasteiger partial charge is 0.239 e. The van der Waals surface area contributed by atoms with Crippen molar-refractivity contribution in [1.82, 2.24) is 4.98 Å². The fourth-order valence-electron chi connectivity index (χ4n) is 3.18. The van der Waals surface area contributed by atoms with Crippen LogP contribution in [0.5, 0.6) is 0 Å². The molecule has 2 aromatic rings. The Morgan fingerprint density at radius 1 is 1.17 bits per heavy atom. The van der Waals surface area contributed by atoms with E-state index in [-0.39, 0.29) is 12.5 Å². The number of nitrogens with zero attached hydrogens (tertiary/aromatic N) is 2. The van der Waals surface area contributed by atoms with Crippen LogP contribution < -0.4 is 16.0 Å². The number of nitrogens with one attached hydrogen (secondary N) is 1. The lowest BCUT2D eigenvalue weighted by Gasteiger charge is -2.33. The normalized spacial score (nSPS) is 15.3. The molecule has 0 unspecified atom stereocenters. The van der Waals surface area contributed by atoms with Crippen LogP contribution >= 0.6 is 0 Å². The number of nitrogens with two attached hydrogens (primary N) is 1. The summed E-state index contributed by atoms with van der Waals surface area (Å²) in [5, 5.41) is 2.66. The second-order valence-electron chi connectivity index (χ2n) is 6.27. The molecule has 1 saturated heterocycles. The number of amides is 1. The number of anilines is 2. The first-order valence-electron chi connectivity index (χ1n) is 8.49. The van der Waals surface area contributed by atoms with Gasteiger partial charge in [0.1, 0.15) is 5.82 Å². The Hall–Kier alpha value is -2.40. The number of carbonyl (C=O) groups is 1. The highest BCUT2D eigenvalue weighted by Gasteiger charge is 2.20. The van der Waals surface area contributed by atoms with Crippen molar-refractivity contribution in [1.29, 1.82) is 0 Å². The molecule has 1 aliphatic heterocycles. The summed E-state index contributed by atoms with van der Waals surface area (Å²) in [6.07, 6.45) is 5.38. The number of carbonyl (C=O) groups excluding carboxylic acids is 1. The Morgan fingerprint density at radius 2 is 1.92 bits per heavy atom. The van der Waals surface area contributed by atoms with E-state index < -0.39 is 0 Å².